The van der Waals surface area contributed by atoms with E-state index >= 15 is 0 Å². The predicted molar refractivity (Wildman–Crippen MR) is 137 cm³/mol. The number of benzene rings is 2. The maximum Gasteiger partial charge on any atom is 0.162 e. The van der Waals surface area contributed by atoms with Gasteiger partial charge in [-0.15, -0.1) is 0 Å². The van der Waals surface area contributed by atoms with E-state index in [1.54, 1.807) is 25.3 Å². The highest BCUT2D eigenvalue weighted by Gasteiger charge is 2.21. The van der Waals surface area contributed by atoms with E-state index in [2.05, 4.69) is 28.7 Å². The van der Waals surface area contributed by atoms with Crippen LogP contribution in [0, 0.1) is 5.92 Å². The Hall–Kier alpha value is -2.32. The lowest BCUT2D eigenvalue weighted by molar-refractivity contribution is 0.0193. The SMILES string of the molecule is COc1cc2nc(-c3ccc(Cl)c(Cl)c3)nc(N)c2cc1OCC1CN(CC(C)C)CCCO1. The van der Waals surface area contributed by atoms with Crippen LogP contribution in [0.15, 0.2) is 30.3 Å². The van der Waals surface area contributed by atoms with Gasteiger partial charge in [0, 0.05) is 43.3 Å². The van der Waals surface area contributed by atoms with Crippen molar-refractivity contribution in [1.82, 2.24) is 14.9 Å². The molecule has 0 bridgehead atoms. The molecule has 2 aromatic carbocycles. The summed E-state index contributed by atoms with van der Waals surface area (Å²) in [5.41, 5.74) is 7.68. The highest BCUT2D eigenvalue weighted by molar-refractivity contribution is 6.42. The Labute approximate surface area is 210 Å². The van der Waals surface area contributed by atoms with E-state index in [4.69, 9.17) is 43.1 Å². The second-order valence-corrected chi connectivity index (χ2v) is 9.71. The second-order valence-electron chi connectivity index (χ2n) is 8.89. The van der Waals surface area contributed by atoms with Gasteiger partial charge in [-0.1, -0.05) is 37.0 Å². The Kier molecular flexibility index (Phi) is 7.99. The monoisotopic (exact) mass is 504 g/mol. The number of rotatable bonds is 7. The maximum atomic E-state index is 6.31. The summed E-state index contributed by atoms with van der Waals surface area (Å²) in [4.78, 5) is 11.6. The minimum Gasteiger partial charge on any atom is -0.493 e. The third kappa shape index (κ3) is 5.84. The topological polar surface area (TPSA) is 82.7 Å². The molecule has 0 aliphatic carbocycles. The zero-order valence-electron chi connectivity index (χ0n) is 19.7. The average molecular weight is 505 g/mol. The molecule has 7 nitrogen and oxygen atoms in total. The fraction of sp³-hybridized carbons (Fsp3) is 0.440. The summed E-state index contributed by atoms with van der Waals surface area (Å²) in [5, 5.41) is 1.57. The number of hydrogen-bond acceptors (Lipinski definition) is 7. The molecule has 3 aromatic rings. The van der Waals surface area contributed by atoms with Gasteiger partial charge in [0.2, 0.25) is 0 Å². The molecule has 2 heterocycles. The fourth-order valence-electron chi connectivity index (χ4n) is 4.13. The molecule has 9 heteroatoms. The van der Waals surface area contributed by atoms with Crippen molar-refractivity contribution in [3.63, 3.8) is 0 Å². The van der Waals surface area contributed by atoms with E-state index in [-0.39, 0.29) is 6.10 Å². The Morgan fingerprint density at radius 3 is 2.71 bits per heavy atom. The second kappa shape index (κ2) is 11.0. The molecule has 34 heavy (non-hydrogen) atoms. The summed E-state index contributed by atoms with van der Waals surface area (Å²) in [6, 6.07) is 8.86. The van der Waals surface area contributed by atoms with Crippen molar-refractivity contribution in [2.75, 3.05) is 45.7 Å². The number of halogens is 2. The molecule has 0 radical (unpaired) electrons. The van der Waals surface area contributed by atoms with Crippen molar-refractivity contribution >= 4 is 39.9 Å². The van der Waals surface area contributed by atoms with Crippen LogP contribution in [0.4, 0.5) is 5.82 Å². The number of nitrogen functional groups attached to an aromatic ring is 1. The number of ether oxygens (including phenoxy) is 3. The number of fused-ring (bicyclic) bond motifs is 1. The molecule has 0 spiro atoms. The highest BCUT2D eigenvalue weighted by atomic mass is 35.5. The van der Waals surface area contributed by atoms with Crippen LogP contribution in [0.5, 0.6) is 11.5 Å². The van der Waals surface area contributed by atoms with Gasteiger partial charge in [0.1, 0.15) is 18.5 Å². The van der Waals surface area contributed by atoms with Crippen LogP contribution in [0.1, 0.15) is 20.3 Å². The van der Waals surface area contributed by atoms with Crippen LogP contribution in [-0.4, -0.2) is 60.9 Å². The average Bonchev–Trinajstić information content (AvgIpc) is 3.03. The molecule has 0 saturated carbocycles. The summed E-state index contributed by atoms with van der Waals surface area (Å²) in [6.45, 7) is 8.55. The molecule has 1 fully saturated rings. The summed E-state index contributed by atoms with van der Waals surface area (Å²) in [7, 11) is 1.60. The third-order valence-electron chi connectivity index (χ3n) is 5.67. The van der Waals surface area contributed by atoms with Crippen LogP contribution in [0.2, 0.25) is 10.0 Å². The Balaban J connectivity index is 1.57. The van der Waals surface area contributed by atoms with E-state index in [1.807, 2.05) is 12.1 Å². The van der Waals surface area contributed by atoms with Gasteiger partial charge in [-0.2, -0.15) is 0 Å². The van der Waals surface area contributed by atoms with Gasteiger partial charge in [0.25, 0.3) is 0 Å². The summed E-state index contributed by atoms with van der Waals surface area (Å²) in [6.07, 6.45) is 1.00. The largest absolute Gasteiger partial charge is 0.493 e. The Morgan fingerprint density at radius 2 is 1.97 bits per heavy atom. The van der Waals surface area contributed by atoms with Gasteiger partial charge < -0.3 is 24.8 Å². The predicted octanol–water partition coefficient (Wildman–Crippen LogP) is 5.32. The van der Waals surface area contributed by atoms with Gasteiger partial charge >= 0.3 is 0 Å². The number of aromatic nitrogens is 2. The molecular weight excluding hydrogens is 475 g/mol. The van der Waals surface area contributed by atoms with Gasteiger partial charge in [-0.05, 0) is 36.6 Å². The van der Waals surface area contributed by atoms with Crippen LogP contribution < -0.4 is 15.2 Å². The molecule has 4 rings (SSSR count). The first-order chi connectivity index (χ1) is 16.3. The van der Waals surface area contributed by atoms with Crippen LogP contribution in [0.25, 0.3) is 22.3 Å². The van der Waals surface area contributed by atoms with Crippen molar-refractivity contribution in [3.8, 4) is 22.9 Å². The molecule has 1 aliphatic heterocycles. The van der Waals surface area contributed by atoms with Crippen LogP contribution in [0.3, 0.4) is 0 Å². The molecule has 1 atom stereocenters. The zero-order valence-corrected chi connectivity index (χ0v) is 21.2. The van der Waals surface area contributed by atoms with Gasteiger partial charge in [0.15, 0.2) is 17.3 Å². The Morgan fingerprint density at radius 1 is 1.15 bits per heavy atom. The molecule has 1 unspecified atom stereocenters. The first-order valence-electron chi connectivity index (χ1n) is 11.4. The summed E-state index contributed by atoms with van der Waals surface area (Å²) >= 11 is 12.2. The van der Waals surface area contributed by atoms with E-state index in [0.29, 0.717) is 56.6 Å². The van der Waals surface area contributed by atoms with Crippen molar-refractivity contribution in [2.24, 2.45) is 5.92 Å². The lowest BCUT2D eigenvalue weighted by Gasteiger charge is -2.25. The molecule has 182 valence electrons. The molecule has 2 N–H and O–H groups in total. The zero-order chi connectivity index (χ0) is 24.2. The minimum absolute atomic E-state index is 0.0210. The number of anilines is 1. The van der Waals surface area contributed by atoms with Crippen molar-refractivity contribution in [2.45, 2.75) is 26.4 Å². The smallest absolute Gasteiger partial charge is 0.162 e. The first-order valence-corrected chi connectivity index (χ1v) is 12.2. The summed E-state index contributed by atoms with van der Waals surface area (Å²) in [5.74, 6) is 2.55. The van der Waals surface area contributed by atoms with Crippen molar-refractivity contribution < 1.29 is 14.2 Å². The van der Waals surface area contributed by atoms with Crippen molar-refractivity contribution in [3.05, 3.63) is 40.4 Å². The quantitative estimate of drug-likeness (QED) is 0.465. The standard InChI is InChI=1S/C25H30Cl2N4O3/c1-15(2)12-31-7-4-8-33-17(13-31)14-34-23-10-18-21(11-22(23)32-3)29-25(30-24(18)28)16-5-6-19(26)20(27)9-16/h5-6,9-11,15,17H,4,7-8,12-14H2,1-3H3,(H2,28,29,30). The lowest BCUT2D eigenvalue weighted by atomic mass is 10.1. The third-order valence-corrected chi connectivity index (χ3v) is 6.41. The van der Waals surface area contributed by atoms with E-state index < -0.39 is 0 Å². The maximum absolute atomic E-state index is 6.31. The van der Waals surface area contributed by atoms with E-state index in [1.165, 1.54) is 0 Å². The first kappa shape index (κ1) is 24.8. The van der Waals surface area contributed by atoms with Gasteiger partial charge in [-0.25, -0.2) is 9.97 Å². The van der Waals surface area contributed by atoms with Crippen LogP contribution in [-0.2, 0) is 4.74 Å². The molecule has 1 saturated heterocycles. The number of hydrogen-bond donors (Lipinski definition) is 1. The lowest BCUT2D eigenvalue weighted by Crippen LogP contribution is -2.37. The van der Waals surface area contributed by atoms with E-state index in [9.17, 15) is 0 Å². The normalized spacial score (nSPS) is 17.2. The number of nitrogens with two attached hydrogens (primary N) is 1. The molecular formula is C25H30Cl2N4O3. The van der Waals surface area contributed by atoms with E-state index in [0.717, 1.165) is 38.2 Å². The summed E-state index contributed by atoms with van der Waals surface area (Å²) < 4.78 is 17.8. The number of methoxy groups -OCH3 is 1. The van der Waals surface area contributed by atoms with Gasteiger partial charge in [0.05, 0.1) is 22.7 Å². The molecule has 0 amide bonds. The number of nitrogens with zero attached hydrogens (tertiary/aromatic N) is 3. The Bertz CT molecular complexity index is 1160. The minimum atomic E-state index is -0.0210. The fourth-order valence-corrected chi connectivity index (χ4v) is 4.43. The molecule has 1 aromatic heterocycles. The molecule has 1 aliphatic rings. The van der Waals surface area contributed by atoms with Crippen molar-refractivity contribution in [1.29, 1.82) is 0 Å². The van der Waals surface area contributed by atoms with Gasteiger partial charge in [-0.3, -0.25) is 0 Å². The van der Waals surface area contributed by atoms with Crippen LogP contribution >= 0.6 is 23.2 Å². The highest BCUT2D eigenvalue weighted by Crippen LogP contribution is 2.35.